The third-order valence-electron chi connectivity index (χ3n) is 2.14. The largest absolute Gasteiger partial charge is 0.358 e. The summed E-state index contributed by atoms with van der Waals surface area (Å²) in [5.74, 6) is -0.300. The number of hydrogen-bond donors (Lipinski definition) is 3. The monoisotopic (exact) mass is 252 g/mol. The van der Waals surface area contributed by atoms with E-state index in [1.807, 2.05) is 13.8 Å². The van der Waals surface area contributed by atoms with Gasteiger partial charge in [0.15, 0.2) is 0 Å². The predicted molar refractivity (Wildman–Crippen MR) is 61.7 cm³/mol. The molecule has 0 unspecified atom stereocenters. The minimum Gasteiger partial charge on any atom is -0.358 e. The van der Waals surface area contributed by atoms with E-state index in [1.165, 1.54) is 0 Å². The van der Waals surface area contributed by atoms with Crippen LogP contribution in [0.1, 0.15) is 20.3 Å². The summed E-state index contributed by atoms with van der Waals surface area (Å²) in [6, 6.07) is -0.341. The van der Waals surface area contributed by atoms with E-state index in [-0.39, 0.29) is 30.0 Å². The van der Waals surface area contributed by atoms with Crippen LogP contribution in [0.15, 0.2) is 0 Å². The zero-order chi connectivity index (χ0) is 12.8. The SMILES string of the molecule is CNC(=O)[C@@H](NCCCS(=O)(=O)O)C(C)C. The van der Waals surface area contributed by atoms with E-state index in [2.05, 4.69) is 10.6 Å². The van der Waals surface area contributed by atoms with Gasteiger partial charge in [-0.25, -0.2) is 0 Å². The Labute approximate surface area is 96.5 Å². The van der Waals surface area contributed by atoms with Crippen LogP contribution in [0.4, 0.5) is 0 Å². The fourth-order valence-electron chi connectivity index (χ4n) is 1.30. The van der Waals surface area contributed by atoms with E-state index in [1.54, 1.807) is 7.05 Å². The number of hydrogen-bond acceptors (Lipinski definition) is 4. The Hall–Kier alpha value is -0.660. The molecule has 0 rings (SSSR count). The van der Waals surface area contributed by atoms with Gasteiger partial charge in [-0.05, 0) is 18.9 Å². The first-order valence-electron chi connectivity index (χ1n) is 5.18. The van der Waals surface area contributed by atoms with Gasteiger partial charge in [0.2, 0.25) is 5.91 Å². The van der Waals surface area contributed by atoms with E-state index < -0.39 is 10.1 Å². The smallest absolute Gasteiger partial charge is 0.264 e. The van der Waals surface area contributed by atoms with Crippen LogP contribution in [0.25, 0.3) is 0 Å². The number of carbonyl (C=O) groups excluding carboxylic acids is 1. The Morgan fingerprint density at radius 3 is 2.31 bits per heavy atom. The maximum atomic E-state index is 11.4. The summed E-state index contributed by atoms with van der Waals surface area (Å²) >= 11 is 0. The van der Waals surface area contributed by atoms with Crippen molar-refractivity contribution in [3.8, 4) is 0 Å². The number of rotatable bonds is 7. The first kappa shape index (κ1) is 15.3. The van der Waals surface area contributed by atoms with Crippen molar-refractivity contribution in [1.82, 2.24) is 10.6 Å². The van der Waals surface area contributed by atoms with Gasteiger partial charge in [0, 0.05) is 7.05 Å². The normalized spacial score (nSPS) is 13.8. The van der Waals surface area contributed by atoms with Crippen molar-refractivity contribution in [3.63, 3.8) is 0 Å². The highest BCUT2D eigenvalue weighted by molar-refractivity contribution is 7.85. The predicted octanol–water partition coefficient (Wildman–Crippen LogP) is -0.375. The highest BCUT2D eigenvalue weighted by Gasteiger charge is 2.19. The van der Waals surface area contributed by atoms with Crippen molar-refractivity contribution >= 4 is 16.0 Å². The van der Waals surface area contributed by atoms with E-state index in [9.17, 15) is 13.2 Å². The van der Waals surface area contributed by atoms with E-state index in [0.717, 1.165) is 0 Å². The maximum Gasteiger partial charge on any atom is 0.264 e. The van der Waals surface area contributed by atoms with Gasteiger partial charge in [-0.3, -0.25) is 9.35 Å². The Balaban J connectivity index is 4.00. The Morgan fingerprint density at radius 2 is 1.94 bits per heavy atom. The average molecular weight is 252 g/mol. The molecule has 0 saturated carbocycles. The maximum absolute atomic E-state index is 11.4. The molecule has 0 aromatic rings. The quantitative estimate of drug-likeness (QED) is 0.424. The average Bonchev–Trinajstić information content (AvgIpc) is 2.14. The molecule has 1 atom stereocenters. The van der Waals surface area contributed by atoms with Gasteiger partial charge < -0.3 is 10.6 Å². The molecule has 0 radical (unpaired) electrons. The summed E-state index contributed by atoms with van der Waals surface area (Å²) in [4.78, 5) is 11.4. The minimum atomic E-state index is -3.91. The van der Waals surface area contributed by atoms with Gasteiger partial charge >= 0.3 is 0 Å². The third kappa shape index (κ3) is 6.76. The van der Waals surface area contributed by atoms with Crippen molar-refractivity contribution in [1.29, 1.82) is 0 Å². The second-order valence-corrected chi connectivity index (χ2v) is 5.50. The fraction of sp³-hybridized carbons (Fsp3) is 0.889. The van der Waals surface area contributed by atoms with Crippen molar-refractivity contribution in [2.45, 2.75) is 26.3 Å². The molecule has 1 amide bonds. The number of likely N-dealkylation sites (N-methyl/N-ethyl adjacent to an activating group) is 1. The number of amides is 1. The topological polar surface area (TPSA) is 95.5 Å². The number of nitrogens with one attached hydrogen (secondary N) is 2. The van der Waals surface area contributed by atoms with Crippen LogP contribution in [0.3, 0.4) is 0 Å². The van der Waals surface area contributed by atoms with Gasteiger partial charge in [0.05, 0.1) is 11.8 Å². The molecule has 0 aromatic heterocycles. The summed E-state index contributed by atoms with van der Waals surface area (Å²) in [5, 5.41) is 5.49. The molecule has 6 nitrogen and oxygen atoms in total. The molecular formula is C9H20N2O4S. The summed E-state index contributed by atoms with van der Waals surface area (Å²) in [5.41, 5.74) is 0. The molecule has 0 aliphatic carbocycles. The second kappa shape index (κ2) is 6.82. The molecule has 3 N–H and O–H groups in total. The Bertz CT molecular complexity index is 313. The molecule has 0 bridgehead atoms. The summed E-state index contributed by atoms with van der Waals surface area (Å²) in [6.07, 6.45) is 0.277. The first-order valence-corrected chi connectivity index (χ1v) is 6.79. The Kier molecular flexibility index (Phi) is 6.54. The van der Waals surface area contributed by atoms with Gasteiger partial charge in [0.1, 0.15) is 0 Å². The molecule has 0 fully saturated rings. The lowest BCUT2D eigenvalue weighted by atomic mass is 10.0. The fourth-order valence-corrected chi connectivity index (χ4v) is 1.81. The molecule has 96 valence electrons. The van der Waals surface area contributed by atoms with Crippen molar-refractivity contribution in [2.24, 2.45) is 5.92 Å². The van der Waals surface area contributed by atoms with Gasteiger partial charge in [-0.15, -0.1) is 0 Å². The number of carbonyl (C=O) groups is 1. The molecule has 0 saturated heterocycles. The molecule has 0 heterocycles. The standard InChI is InChI=1S/C9H20N2O4S/c1-7(2)8(9(12)10-3)11-5-4-6-16(13,14)15/h7-8,11H,4-6H2,1-3H3,(H,10,12)(H,13,14,15)/t8-/m0/s1. The second-order valence-electron chi connectivity index (χ2n) is 3.93. The minimum absolute atomic E-state index is 0.116. The van der Waals surface area contributed by atoms with E-state index in [4.69, 9.17) is 4.55 Å². The molecule has 0 aromatic carbocycles. The highest BCUT2D eigenvalue weighted by atomic mass is 32.2. The summed E-state index contributed by atoms with van der Waals surface area (Å²) < 4.78 is 29.4. The van der Waals surface area contributed by atoms with Crippen LogP contribution < -0.4 is 10.6 Å². The molecule has 0 spiro atoms. The molecule has 7 heteroatoms. The van der Waals surface area contributed by atoms with Gasteiger partial charge in [-0.2, -0.15) is 8.42 Å². The van der Waals surface area contributed by atoms with E-state index in [0.29, 0.717) is 6.54 Å². The van der Waals surface area contributed by atoms with Crippen LogP contribution >= 0.6 is 0 Å². The van der Waals surface area contributed by atoms with Crippen LogP contribution in [0.5, 0.6) is 0 Å². The highest BCUT2D eigenvalue weighted by Crippen LogP contribution is 2.01. The zero-order valence-corrected chi connectivity index (χ0v) is 10.7. The third-order valence-corrected chi connectivity index (χ3v) is 2.94. The summed E-state index contributed by atoms with van der Waals surface area (Å²) in [7, 11) is -2.36. The van der Waals surface area contributed by atoms with Gasteiger partial charge in [0.25, 0.3) is 10.1 Å². The van der Waals surface area contributed by atoms with Crippen LogP contribution in [0, 0.1) is 5.92 Å². The van der Waals surface area contributed by atoms with E-state index >= 15 is 0 Å². The lowest BCUT2D eigenvalue weighted by Gasteiger charge is -2.20. The molecular weight excluding hydrogens is 232 g/mol. The van der Waals surface area contributed by atoms with Crippen LogP contribution in [0.2, 0.25) is 0 Å². The van der Waals surface area contributed by atoms with Crippen LogP contribution in [-0.4, -0.2) is 44.3 Å². The van der Waals surface area contributed by atoms with Crippen molar-refractivity contribution < 1.29 is 17.8 Å². The van der Waals surface area contributed by atoms with Crippen LogP contribution in [-0.2, 0) is 14.9 Å². The summed E-state index contributed by atoms with van der Waals surface area (Å²) in [6.45, 7) is 4.17. The molecule has 16 heavy (non-hydrogen) atoms. The van der Waals surface area contributed by atoms with Crippen molar-refractivity contribution in [3.05, 3.63) is 0 Å². The lowest BCUT2D eigenvalue weighted by Crippen LogP contribution is -2.46. The Morgan fingerprint density at radius 1 is 1.38 bits per heavy atom. The van der Waals surface area contributed by atoms with Gasteiger partial charge in [-0.1, -0.05) is 13.8 Å². The lowest BCUT2D eigenvalue weighted by molar-refractivity contribution is -0.123. The molecule has 0 aliphatic heterocycles. The van der Waals surface area contributed by atoms with Crippen molar-refractivity contribution in [2.75, 3.05) is 19.3 Å². The first-order chi connectivity index (χ1) is 7.28. The zero-order valence-electron chi connectivity index (χ0n) is 9.86. The molecule has 0 aliphatic rings.